The molecule has 1 aliphatic carbocycles. The number of carboxylic acid groups (broad SMARTS) is 2. The number of halogens is 6. The molecule has 1 heterocycles. The van der Waals surface area contributed by atoms with Crippen molar-refractivity contribution in [2.45, 2.75) is 63.7 Å². The number of aryl methyl sites for hydroxylation is 1. The van der Waals surface area contributed by atoms with Gasteiger partial charge < -0.3 is 30.0 Å². The van der Waals surface area contributed by atoms with E-state index in [2.05, 4.69) is 6.58 Å². The van der Waals surface area contributed by atoms with E-state index < -0.39 is 24.3 Å². The average Bonchev–Trinajstić information content (AvgIpc) is 3.15. The van der Waals surface area contributed by atoms with E-state index in [0.29, 0.717) is 12.6 Å². The fourth-order valence-corrected chi connectivity index (χ4v) is 3.40. The molecule has 4 N–H and O–H groups in total. The number of amides is 1. The Morgan fingerprint density at radius 2 is 1.56 bits per heavy atom. The zero-order chi connectivity index (χ0) is 30.1. The summed E-state index contributed by atoms with van der Waals surface area (Å²) in [5.41, 5.74) is 7.79. The van der Waals surface area contributed by atoms with Gasteiger partial charge in [-0.25, -0.2) is 9.59 Å². The highest BCUT2D eigenvalue weighted by Gasteiger charge is 2.38. The SMILES string of the molecule is C=CC(=O)N(C)Cc1oc2cccc(OC3CCC(N)CC3)c2c1C.O=C(O)C(F)(F)F.O=C(O)C(F)(F)F. The van der Waals surface area contributed by atoms with Crippen LogP contribution in [0.2, 0.25) is 0 Å². The van der Waals surface area contributed by atoms with Crippen LogP contribution >= 0.6 is 0 Å². The Kier molecular flexibility index (Phi) is 11.8. The standard InChI is InChI=1S/C20H26N2O3.2C2HF3O2/c1-4-19(23)22(3)12-18-13(2)20-16(6-5-7-17(20)25-18)24-15-10-8-14(21)9-11-15;2*3-2(4,5)1(6)7/h4-7,14-15H,1,8-12,21H2,2-3H3;2*(H,6,7). The molecule has 0 bridgehead atoms. The fourth-order valence-electron chi connectivity index (χ4n) is 3.40. The molecular weight excluding hydrogens is 542 g/mol. The second kappa shape index (κ2) is 13.9. The number of ether oxygens (including phenoxy) is 1. The van der Waals surface area contributed by atoms with Crippen molar-refractivity contribution in [1.29, 1.82) is 0 Å². The number of likely N-dealkylation sites (N-methyl/N-ethyl adjacent to an activating group) is 1. The van der Waals surface area contributed by atoms with E-state index in [1.54, 1.807) is 11.9 Å². The van der Waals surface area contributed by atoms with Crippen LogP contribution in [-0.4, -0.2) is 64.5 Å². The molecule has 0 spiro atoms. The number of carbonyl (C=O) groups is 3. The second-order valence-corrected chi connectivity index (χ2v) is 8.44. The van der Waals surface area contributed by atoms with Gasteiger partial charge >= 0.3 is 24.3 Å². The average molecular weight is 570 g/mol. The fraction of sp³-hybridized carbons (Fsp3) is 0.458. The van der Waals surface area contributed by atoms with Crippen molar-refractivity contribution in [3.05, 3.63) is 42.2 Å². The van der Waals surface area contributed by atoms with Crippen molar-refractivity contribution >= 4 is 28.8 Å². The molecule has 1 aliphatic rings. The van der Waals surface area contributed by atoms with Gasteiger partial charge in [-0.15, -0.1) is 0 Å². The first kappa shape index (κ1) is 33.3. The van der Waals surface area contributed by atoms with E-state index in [9.17, 15) is 31.1 Å². The molecule has 0 saturated heterocycles. The Morgan fingerprint density at radius 3 is 2.00 bits per heavy atom. The first-order valence-electron chi connectivity index (χ1n) is 11.3. The van der Waals surface area contributed by atoms with E-state index >= 15 is 0 Å². The van der Waals surface area contributed by atoms with Crippen LogP contribution in [0.4, 0.5) is 26.3 Å². The van der Waals surface area contributed by atoms with Gasteiger partial charge in [-0.05, 0) is 50.8 Å². The van der Waals surface area contributed by atoms with Gasteiger partial charge in [-0.3, -0.25) is 4.79 Å². The van der Waals surface area contributed by atoms with Gasteiger partial charge in [0.25, 0.3) is 0 Å². The highest BCUT2D eigenvalue weighted by Crippen LogP contribution is 2.35. The quantitative estimate of drug-likeness (QED) is 0.344. The highest BCUT2D eigenvalue weighted by molar-refractivity contribution is 5.89. The van der Waals surface area contributed by atoms with Crippen LogP contribution < -0.4 is 10.5 Å². The summed E-state index contributed by atoms with van der Waals surface area (Å²) in [6.45, 7) is 5.94. The molecule has 0 aliphatic heterocycles. The minimum absolute atomic E-state index is 0.130. The van der Waals surface area contributed by atoms with Crippen LogP contribution in [0.25, 0.3) is 11.0 Å². The first-order valence-corrected chi connectivity index (χ1v) is 11.3. The van der Waals surface area contributed by atoms with Gasteiger partial charge in [0.15, 0.2) is 0 Å². The summed E-state index contributed by atoms with van der Waals surface area (Å²) >= 11 is 0. The predicted molar refractivity (Wildman–Crippen MR) is 126 cm³/mol. The number of nitrogens with two attached hydrogens (primary N) is 1. The molecular formula is C24H28F6N2O7. The molecule has 0 radical (unpaired) electrons. The molecule has 1 aromatic heterocycles. The molecule has 15 heteroatoms. The molecule has 1 fully saturated rings. The maximum atomic E-state index is 11.7. The van der Waals surface area contributed by atoms with Crippen molar-refractivity contribution in [3.63, 3.8) is 0 Å². The van der Waals surface area contributed by atoms with Gasteiger partial charge in [-0.1, -0.05) is 12.6 Å². The van der Waals surface area contributed by atoms with Crippen LogP contribution in [0, 0.1) is 6.92 Å². The number of hydrogen-bond acceptors (Lipinski definition) is 6. The van der Waals surface area contributed by atoms with Gasteiger partial charge in [0.1, 0.15) is 17.1 Å². The van der Waals surface area contributed by atoms with Gasteiger partial charge in [0.2, 0.25) is 5.91 Å². The number of rotatable bonds is 5. The maximum Gasteiger partial charge on any atom is 0.490 e. The molecule has 2 aromatic rings. The van der Waals surface area contributed by atoms with Gasteiger partial charge in [-0.2, -0.15) is 26.3 Å². The molecule has 1 aromatic carbocycles. The topological polar surface area (TPSA) is 143 Å². The minimum atomic E-state index is -5.08. The molecule has 0 unspecified atom stereocenters. The number of alkyl halides is 6. The summed E-state index contributed by atoms with van der Waals surface area (Å²) in [5, 5.41) is 15.2. The van der Waals surface area contributed by atoms with Crippen LogP contribution in [-0.2, 0) is 20.9 Å². The monoisotopic (exact) mass is 570 g/mol. The lowest BCUT2D eigenvalue weighted by atomic mass is 9.93. The van der Waals surface area contributed by atoms with Gasteiger partial charge in [0.05, 0.1) is 18.0 Å². The molecule has 1 amide bonds. The molecule has 1 saturated carbocycles. The summed E-state index contributed by atoms with van der Waals surface area (Å²) in [4.78, 5) is 31.1. The molecule has 3 rings (SSSR count). The van der Waals surface area contributed by atoms with Crippen molar-refractivity contribution in [2.75, 3.05) is 7.05 Å². The van der Waals surface area contributed by atoms with Crippen LogP contribution in [0.1, 0.15) is 37.0 Å². The largest absolute Gasteiger partial charge is 0.490 e. The number of nitrogens with zero attached hydrogens (tertiary/aromatic N) is 1. The predicted octanol–water partition coefficient (Wildman–Crippen LogP) is 4.80. The lowest BCUT2D eigenvalue weighted by Crippen LogP contribution is -2.31. The first-order chi connectivity index (χ1) is 17.9. The lowest BCUT2D eigenvalue weighted by Gasteiger charge is -2.27. The number of hydrogen-bond donors (Lipinski definition) is 3. The highest BCUT2D eigenvalue weighted by atomic mass is 19.4. The lowest BCUT2D eigenvalue weighted by molar-refractivity contribution is -0.193. The number of fused-ring (bicyclic) bond motifs is 1. The number of benzene rings is 1. The number of aliphatic carboxylic acids is 2. The molecule has 39 heavy (non-hydrogen) atoms. The van der Waals surface area contributed by atoms with Gasteiger partial charge in [0, 0.05) is 18.7 Å². The number of carbonyl (C=O) groups excluding carboxylic acids is 1. The van der Waals surface area contributed by atoms with Crippen molar-refractivity contribution in [2.24, 2.45) is 5.73 Å². The van der Waals surface area contributed by atoms with Crippen molar-refractivity contribution in [3.8, 4) is 5.75 Å². The van der Waals surface area contributed by atoms with Crippen molar-refractivity contribution in [1.82, 2.24) is 4.90 Å². The second-order valence-electron chi connectivity index (χ2n) is 8.44. The number of furan rings is 1. The third-order valence-electron chi connectivity index (χ3n) is 5.44. The van der Waals surface area contributed by atoms with E-state index in [1.807, 2.05) is 25.1 Å². The zero-order valence-electron chi connectivity index (χ0n) is 20.9. The van der Waals surface area contributed by atoms with E-state index in [-0.39, 0.29) is 12.0 Å². The van der Waals surface area contributed by atoms with Crippen LogP contribution in [0.15, 0.2) is 35.3 Å². The Balaban J connectivity index is 0.000000449. The molecule has 218 valence electrons. The third-order valence-corrected chi connectivity index (χ3v) is 5.44. The smallest absolute Gasteiger partial charge is 0.490 e. The minimum Gasteiger partial charge on any atom is -0.490 e. The summed E-state index contributed by atoms with van der Waals surface area (Å²) in [7, 11) is 1.74. The third kappa shape index (κ3) is 10.5. The van der Waals surface area contributed by atoms with E-state index in [1.165, 1.54) is 6.08 Å². The van der Waals surface area contributed by atoms with Crippen LogP contribution in [0.5, 0.6) is 5.75 Å². The Hall–Kier alpha value is -3.75. The normalized spacial score (nSPS) is 17.2. The number of carboxylic acids is 2. The maximum absolute atomic E-state index is 11.7. The summed E-state index contributed by atoms with van der Waals surface area (Å²) in [5.74, 6) is -4.02. The van der Waals surface area contributed by atoms with Crippen molar-refractivity contribution < 1.29 is 60.1 Å². The summed E-state index contributed by atoms with van der Waals surface area (Å²) in [6.07, 6.45) is -4.68. The Bertz CT molecular complexity index is 1130. The Morgan fingerprint density at radius 1 is 1.08 bits per heavy atom. The summed E-state index contributed by atoms with van der Waals surface area (Å²) in [6, 6.07) is 6.17. The Labute approximate surface area is 218 Å². The zero-order valence-corrected chi connectivity index (χ0v) is 20.9. The van der Waals surface area contributed by atoms with Crippen LogP contribution in [0.3, 0.4) is 0 Å². The summed E-state index contributed by atoms with van der Waals surface area (Å²) < 4.78 is 75.7. The van der Waals surface area contributed by atoms with E-state index in [4.69, 9.17) is 34.7 Å². The molecule has 0 atom stereocenters. The van der Waals surface area contributed by atoms with E-state index in [0.717, 1.165) is 53.7 Å². The molecule has 9 nitrogen and oxygen atoms in total.